The van der Waals surface area contributed by atoms with E-state index < -0.39 is 48.6 Å². The summed E-state index contributed by atoms with van der Waals surface area (Å²) in [6.07, 6.45) is -7.48. The van der Waals surface area contributed by atoms with Crippen LogP contribution >= 0.6 is 0 Å². The van der Waals surface area contributed by atoms with Crippen molar-refractivity contribution >= 4 is 18.0 Å². The molecule has 1 aliphatic rings. The molecule has 0 bridgehead atoms. The first-order valence-corrected chi connectivity index (χ1v) is 10.6. The summed E-state index contributed by atoms with van der Waals surface area (Å²) in [6.45, 7) is 2.27. The SMILES string of the molecule is CC(C)(NC(=O)CC[C@H](NC(=O)OCC1c2ccccc2-c2ccccc21)C(F)(F)F)C(=O)O. The number of halogens is 3. The lowest BCUT2D eigenvalue weighted by molar-refractivity contribution is -0.157. The van der Waals surface area contributed by atoms with E-state index in [9.17, 15) is 27.6 Å². The number of alkyl carbamates (subject to hydrolysis) is 1. The van der Waals surface area contributed by atoms with Gasteiger partial charge in [0.05, 0.1) is 0 Å². The van der Waals surface area contributed by atoms with Crippen LogP contribution in [0.1, 0.15) is 43.7 Å². The number of carboxylic acids is 1. The Kier molecular flexibility index (Phi) is 7.18. The minimum Gasteiger partial charge on any atom is -0.480 e. The van der Waals surface area contributed by atoms with E-state index in [4.69, 9.17) is 9.84 Å². The van der Waals surface area contributed by atoms with Gasteiger partial charge in [0.1, 0.15) is 18.2 Å². The van der Waals surface area contributed by atoms with Crippen molar-refractivity contribution in [1.82, 2.24) is 10.6 Å². The lowest BCUT2D eigenvalue weighted by Gasteiger charge is -2.24. The molecule has 0 radical (unpaired) electrons. The van der Waals surface area contributed by atoms with E-state index in [-0.39, 0.29) is 12.5 Å². The molecule has 2 aromatic rings. The number of nitrogens with one attached hydrogen (secondary N) is 2. The second-order valence-corrected chi connectivity index (χ2v) is 8.58. The van der Waals surface area contributed by atoms with E-state index in [1.54, 1.807) is 5.32 Å². The van der Waals surface area contributed by atoms with E-state index >= 15 is 0 Å². The van der Waals surface area contributed by atoms with Crippen molar-refractivity contribution in [3.05, 3.63) is 59.7 Å². The third-order valence-electron chi connectivity index (χ3n) is 5.68. The zero-order valence-electron chi connectivity index (χ0n) is 18.6. The van der Waals surface area contributed by atoms with Crippen molar-refractivity contribution in [2.75, 3.05) is 6.61 Å². The Balaban J connectivity index is 1.61. The van der Waals surface area contributed by atoms with Crippen LogP contribution in [0.4, 0.5) is 18.0 Å². The number of carboxylic acid groups (broad SMARTS) is 1. The molecule has 2 amide bonds. The smallest absolute Gasteiger partial charge is 0.408 e. The fraction of sp³-hybridized carbons (Fsp3) is 0.375. The number of carbonyl (C=O) groups is 3. The van der Waals surface area contributed by atoms with Gasteiger partial charge in [-0.25, -0.2) is 9.59 Å². The number of fused-ring (bicyclic) bond motifs is 3. The Morgan fingerprint density at radius 2 is 1.53 bits per heavy atom. The number of benzene rings is 2. The fourth-order valence-corrected chi connectivity index (χ4v) is 3.84. The Hall–Kier alpha value is -3.56. The second kappa shape index (κ2) is 9.74. The highest BCUT2D eigenvalue weighted by Gasteiger charge is 2.41. The molecule has 3 rings (SSSR count). The fourth-order valence-electron chi connectivity index (χ4n) is 3.84. The molecule has 0 saturated carbocycles. The number of hydrogen-bond acceptors (Lipinski definition) is 4. The Morgan fingerprint density at radius 1 is 1.00 bits per heavy atom. The first kappa shape index (κ1) is 25.1. The Labute approximate surface area is 194 Å². The lowest BCUT2D eigenvalue weighted by Crippen LogP contribution is -2.51. The van der Waals surface area contributed by atoms with Crippen LogP contribution in [-0.2, 0) is 14.3 Å². The molecule has 34 heavy (non-hydrogen) atoms. The molecule has 0 unspecified atom stereocenters. The van der Waals surface area contributed by atoms with Crippen LogP contribution in [0.25, 0.3) is 11.1 Å². The van der Waals surface area contributed by atoms with Crippen LogP contribution in [0.3, 0.4) is 0 Å². The molecule has 0 fully saturated rings. The summed E-state index contributed by atoms with van der Waals surface area (Å²) in [5, 5.41) is 13.0. The molecule has 0 heterocycles. The van der Waals surface area contributed by atoms with E-state index in [0.29, 0.717) is 0 Å². The molecule has 7 nitrogen and oxygen atoms in total. The molecule has 0 saturated heterocycles. The zero-order chi connectivity index (χ0) is 25.1. The number of ether oxygens (including phenoxy) is 1. The summed E-state index contributed by atoms with van der Waals surface area (Å²) in [5.74, 6) is -2.52. The van der Waals surface area contributed by atoms with Gasteiger partial charge in [0.25, 0.3) is 0 Å². The van der Waals surface area contributed by atoms with E-state index in [2.05, 4.69) is 5.32 Å². The first-order valence-electron chi connectivity index (χ1n) is 10.6. The molecule has 1 atom stereocenters. The quantitative estimate of drug-likeness (QED) is 0.527. The zero-order valence-corrected chi connectivity index (χ0v) is 18.6. The summed E-state index contributed by atoms with van der Waals surface area (Å²) in [5.41, 5.74) is 2.17. The predicted octanol–water partition coefficient (Wildman–Crippen LogP) is 4.22. The molecule has 10 heteroatoms. The lowest BCUT2D eigenvalue weighted by atomic mass is 9.98. The van der Waals surface area contributed by atoms with E-state index in [1.807, 2.05) is 48.5 Å². The molecule has 3 N–H and O–H groups in total. The van der Waals surface area contributed by atoms with Gasteiger partial charge >= 0.3 is 18.2 Å². The van der Waals surface area contributed by atoms with Gasteiger partial charge in [0.15, 0.2) is 0 Å². The minimum absolute atomic E-state index is 0.155. The topological polar surface area (TPSA) is 105 Å². The first-order chi connectivity index (χ1) is 15.9. The van der Waals surface area contributed by atoms with E-state index in [1.165, 1.54) is 13.8 Å². The second-order valence-electron chi connectivity index (χ2n) is 8.58. The average Bonchev–Trinajstić information content (AvgIpc) is 3.08. The summed E-state index contributed by atoms with van der Waals surface area (Å²) in [4.78, 5) is 35.2. The van der Waals surface area contributed by atoms with Crippen molar-refractivity contribution < 1.29 is 37.4 Å². The number of alkyl halides is 3. The molecular weight excluding hydrogens is 453 g/mol. The van der Waals surface area contributed by atoms with Gasteiger partial charge < -0.3 is 20.5 Å². The molecule has 1 aliphatic carbocycles. The monoisotopic (exact) mass is 478 g/mol. The van der Waals surface area contributed by atoms with Crippen LogP contribution < -0.4 is 10.6 Å². The van der Waals surface area contributed by atoms with Crippen molar-refractivity contribution in [2.24, 2.45) is 0 Å². The highest BCUT2D eigenvalue weighted by Crippen LogP contribution is 2.44. The summed E-state index contributed by atoms with van der Waals surface area (Å²) >= 11 is 0. The summed E-state index contributed by atoms with van der Waals surface area (Å²) < 4.78 is 45.5. The molecule has 182 valence electrons. The minimum atomic E-state index is -4.83. The largest absolute Gasteiger partial charge is 0.480 e. The van der Waals surface area contributed by atoms with Crippen LogP contribution in [-0.4, -0.2) is 47.4 Å². The summed E-state index contributed by atoms with van der Waals surface area (Å²) in [7, 11) is 0. The molecule has 0 spiro atoms. The van der Waals surface area contributed by atoms with Crippen molar-refractivity contribution in [2.45, 2.75) is 50.4 Å². The van der Waals surface area contributed by atoms with Gasteiger partial charge in [-0.15, -0.1) is 0 Å². The molecule has 0 aromatic heterocycles. The maximum atomic E-state index is 13.4. The van der Waals surface area contributed by atoms with Gasteiger partial charge in [-0.2, -0.15) is 13.2 Å². The average molecular weight is 478 g/mol. The number of aliphatic carboxylic acids is 1. The van der Waals surface area contributed by atoms with Crippen LogP contribution in [0.5, 0.6) is 0 Å². The number of carbonyl (C=O) groups excluding carboxylic acids is 2. The summed E-state index contributed by atoms with van der Waals surface area (Å²) in [6, 6.07) is 12.8. The number of rotatable bonds is 8. The third-order valence-corrected chi connectivity index (χ3v) is 5.68. The maximum absolute atomic E-state index is 13.4. The molecule has 2 aromatic carbocycles. The van der Waals surface area contributed by atoms with Gasteiger partial charge in [0.2, 0.25) is 5.91 Å². The van der Waals surface area contributed by atoms with Gasteiger partial charge in [-0.1, -0.05) is 48.5 Å². The number of amides is 2. The normalized spacial score (nSPS) is 14.0. The van der Waals surface area contributed by atoms with E-state index in [0.717, 1.165) is 22.3 Å². The molecular formula is C24H25F3N2O5. The highest BCUT2D eigenvalue weighted by molar-refractivity contribution is 5.86. The van der Waals surface area contributed by atoms with Gasteiger partial charge in [-0.05, 0) is 42.5 Å². The molecule has 0 aliphatic heterocycles. The van der Waals surface area contributed by atoms with Crippen LogP contribution in [0.15, 0.2) is 48.5 Å². The van der Waals surface area contributed by atoms with Gasteiger partial charge in [0, 0.05) is 12.3 Å². The highest BCUT2D eigenvalue weighted by atomic mass is 19.4. The Morgan fingerprint density at radius 3 is 2.03 bits per heavy atom. The standard InChI is InChI=1S/C24H25F3N2O5/c1-23(2,21(31)32)29-20(30)12-11-19(24(25,26)27)28-22(33)34-13-18-16-9-5-3-7-14(16)15-8-4-6-10-17(15)18/h3-10,18-19H,11-13H2,1-2H3,(H,28,33)(H,29,30)(H,31,32)/t19-/m0/s1. The van der Waals surface area contributed by atoms with Crippen LogP contribution in [0, 0.1) is 0 Å². The maximum Gasteiger partial charge on any atom is 0.408 e. The number of hydrogen-bond donors (Lipinski definition) is 3. The Bertz CT molecular complexity index is 1040. The van der Waals surface area contributed by atoms with Crippen LogP contribution in [0.2, 0.25) is 0 Å². The third kappa shape index (κ3) is 5.67. The van der Waals surface area contributed by atoms with Gasteiger partial charge in [-0.3, -0.25) is 4.79 Å². The predicted molar refractivity (Wildman–Crippen MR) is 117 cm³/mol. The van der Waals surface area contributed by atoms with Crippen molar-refractivity contribution in [3.8, 4) is 11.1 Å². The van der Waals surface area contributed by atoms with Crippen molar-refractivity contribution in [3.63, 3.8) is 0 Å². The van der Waals surface area contributed by atoms with Crippen molar-refractivity contribution in [1.29, 1.82) is 0 Å².